The van der Waals surface area contributed by atoms with Gasteiger partial charge in [-0.1, -0.05) is 11.6 Å². The Labute approximate surface area is 206 Å². The summed E-state index contributed by atoms with van der Waals surface area (Å²) in [6.45, 7) is 4.05. The molecule has 2 fully saturated rings. The normalized spacial score (nSPS) is 21.4. The van der Waals surface area contributed by atoms with Crippen LogP contribution in [0.15, 0.2) is 24.5 Å². The number of halogens is 2. The van der Waals surface area contributed by atoms with Gasteiger partial charge in [-0.2, -0.15) is 0 Å². The van der Waals surface area contributed by atoms with Gasteiger partial charge in [-0.25, -0.2) is 14.4 Å². The first-order chi connectivity index (χ1) is 16.6. The quantitative estimate of drug-likeness (QED) is 0.327. The minimum atomic E-state index is -0.415. The van der Waals surface area contributed by atoms with Crippen LogP contribution in [0.4, 0.5) is 15.9 Å². The van der Waals surface area contributed by atoms with E-state index in [-0.39, 0.29) is 5.15 Å². The lowest BCUT2D eigenvalue weighted by atomic mass is 9.91. The molecule has 0 radical (unpaired) electrons. The topological polar surface area (TPSA) is 80.3 Å². The maximum absolute atomic E-state index is 14.8. The summed E-state index contributed by atoms with van der Waals surface area (Å²) in [6, 6.07) is 4.44. The van der Waals surface area contributed by atoms with Crippen LogP contribution >= 0.6 is 11.6 Å². The third kappa shape index (κ3) is 7.01. The molecule has 0 spiro atoms. The highest BCUT2D eigenvalue weighted by Gasteiger charge is 2.22. The van der Waals surface area contributed by atoms with E-state index in [4.69, 9.17) is 21.1 Å². The number of aromatic nitrogens is 2. The second-order valence-electron chi connectivity index (χ2n) is 9.19. The summed E-state index contributed by atoms with van der Waals surface area (Å²) >= 11 is 6.39. The molecule has 1 saturated carbocycles. The van der Waals surface area contributed by atoms with E-state index in [2.05, 4.69) is 25.9 Å². The third-order valence-corrected chi connectivity index (χ3v) is 7.04. The highest BCUT2D eigenvalue weighted by Crippen LogP contribution is 2.33. The summed E-state index contributed by atoms with van der Waals surface area (Å²) in [5.41, 5.74) is 1.79. The van der Waals surface area contributed by atoms with Gasteiger partial charge in [-0.15, -0.1) is 0 Å². The molecule has 0 amide bonds. The van der Waals surface area contributed by atoms with Crippen LogP contribution in [-0.4, -0.2) is 62.1 Å². The van der Waals surface area contributed by atoms with Crippen molar-refractivity contribution in [1.29, 1.82) is 0 Å². The third-order valence-electron chi connectivity index (χ3n) is 6.74. The first-order valence-corrected chi connectivity index (χ1v) is 12.6. The standard InChI is InChI=1S/C25H35ClFN5O2/c1-33-11-8-28-18-2-4-19(5-3-18)32-24-13-21(23(27)16-30-24)22-12-20(15-31-25(22)26)29-14-17-6-9-34-10-7-17/h12-13,15-19,28-29H,2-11,14H2,1H3,(H,30,32). The summed E-state index contributed by atoms with van der Waals surface area (Å²) in [7, 11) is 1.72. The van der Waals surface area contributed by atoms with Gasteiger partial charge in [0.1, 0.15) is 16.8 Å². The Morgan fingerprint density at radius 2 is 1.79 bits per heavy atom. The van der Waals surface area contributed by atoms with Crippen LogP contribution in [0.25, 0.3) is 11.1 Å². The van der Waals surface area contributed by atoms with Crippen molar-refractivity contribution in [2.75, 3.05) is 50.7 Å². The van der Waals surface area contributed by atoms with Crippen molar-refractivity contribution in [3.8, 4) is 11.1 Å². The van der Waals surface area contributed by atoms with Crippen molar-refractivity contribution >= 4 is 23.1 Å². The predicted octanol–water partition coefficient (Wildman–Crippen LogP) is 4.73. The number of rotatable bonds is 10. The molecule has 1 saturated heterocycles. The molecule has 186 valence electrons. The molecule has 3 N–H and O–H groups in total. The fourth-order valence-corrected chi connectivity index (χ4v) is 4.89. The molecule has 2 aliphatic rings. The van der Waals surface area contributed by atoms with E-state index in [0.29, 0.717) is 34.9 Å². The lowest BCUT2D eigenvalue weighted by Crippen LogP contribution is -2.38. The van der Waals surface area contributed by atoms with Gasteiger partial charge < -0.3 is 25.4 Å². The van der Waals surface area contributed by atoms with E-state index in [1.165, 1.54) is 6.20 Å². The zero-order valence-corrected chi connectivity index (χ0v) is 20.5. The molecule has 34 heavy (non-hydrogen) atoms. The lowest BCUT2D eigenvalue weighted by Gasteiger charge is -2.30. The van der Waals surface area contributed by atoms with Crippen molar-refractivity contribution in [3.63, 3.8) is 0 Å². The van der Waals surface area contributed by atoms with E-state index < -0.39 is 5.82 Å². The van der Waals surface area contributed by atoms with Crippen molar-refractivity contribution in [1.82, 2.24) is 15.3 Å². The van der Waals surface area contributed by atoms with Gasteiger partial charge in [-0.05, 0) is 56.6 Å². The molecule has 9 heteroatoms. The van der Waals surface area contributed by atoms with E-state index >= 15 is 0 Å². The zero-order chi connectivity index (χ0) is 23.8. The molecule has 1 aliphatic carbocycles. The van der Waals surface area contributed by atoms with Gasteiger partial charge in [0.05, 0.1) is 24.7 Å². The van der Waals surface area contributed by atoms with Crippen LogP contribution in [0.3, 0.4) is 0 Å². The Morgan fingerprint density at radius 1 is 1.03 bits per heavy atom. The predicted molar refractivity (Wildman–Crippen MR) is 134 cm³/mol. The van der Waals surface area contributed by atoms with Crippen molar-refractivity contribution in [2.45, 2.75) is 50.6 Å². The summed E-state index contributed by atoms with van der Waals surface area (Å²) in [5.74, 6) is 0.803. The zero-order valence-electron chi connectivity index (χ0n) is 19.8. The number of nitrogens with zero attached hydrogens (tertiary/aromatic N) is 2. The fourth-order valence-electron chi connectivity index (χ4n) is 4.69. The van der Waals surface area contributed by atoms with E-state index in [1.807, 2.05) is 6.07 Å². The van der Waals surface area contributed by atoms with Crippen LogP contribution in [0, 0.1) is 11.7 Å². The van der Waals surface area contributed by atoms with Gasteiger partial charge in [0.25, 0.3) is 0 Å². The summed E-state index contributed by atoms with van der Waals surface area (Å²) in [5, 5.41) is 10.7. The molecule has 4 rings (SSSR count). The van der Waals surface area contributed by atoms with Crippen LogP contribution in [0.2, 0.25) is 5.15 Å². The van der Waals surface area contributed by atoms with Gasteiger partial charge >= 0.3 is 0 Å². The van der Waals surface area contributed by atoms with Crippen LogP contribution in [0.1, 0.15) is 38.5 Å². The SMILES string of the molecule is COCCNC1CCC(Nc2cc(-c3cc(NCC4CCOCC4)cnc3Cl)c(F)cn2)CC1. The van der Waals surface area contributed by atoms with Crippen LogP contribution in [0.5, 0.6) is 0 Å². The minimum absolute atomic E-state index is 0.273. The summed E-state index contributed by atoms with van der Waals surface area (Å²) < 4.78 is 25.3. The maximum atomic E-state index is 14.8. The van der Waals surface area contributed by atoms with E-state index in [1.54, 1.807) is 19.4 Å². The van der Waals surface area contributed by atoms with Crippen molar-refractivity contribution < 1.29 is 13.9 Å². The van der Waals surface area contributed by atoms with E-state index in [9.17, 15) is 4.39 Å². The van der Waals surface area contributed by atoms with Gasteiger partial charge in [0.2, 0.25) is 0 Å². The second-order valence-corrected chi connectivity index (χ2v) is 9.55. The van der Waals surface area contributed by atoms with E-state index in [0.717, 1.165) is 77.1 Å². The number of pyridine rings is 2. The Hall–Kier alpha value is -2.00. The largest absolute Gasteiger partial charge is 0.384 e. The highest BCUT2D eigenvalue weighted by molar-refractivity contribution is 6.32. The Kier molecular flexibility index (Phi) is 9.33. The smallest absolute Gasteiger partial charge is 0.149 e. The molecule has 0 unspecified atom stereocenters. The number of methoxy groups -OCH3 is 1. The summed E-state index contributed by atoms with van der Waals surface area (Å²) in [4.78, 5) is 8.58. The monoisotopic (exact) mass is 491 g/mol. The minimum Gasteiger partial charge on any atom is -0.384 e. The second kappa shape index (κ2) is 12.6. The number of hydrogen-bond acceptors (Lipinski definition) is 7. The number of ether oxygens (including phenoxy) is 2. The van der Waals surface area contributed by atoms with Crippen molar-refractivity contribution in [3.05, 3.63) is 35.5 Å². The molecule has 7 nitrogen and oxygen atoms in total. The lowest BCUT2D eigenvalue weighted by molar-refractivity contribution is 0.0699. The average molecular weight is 492 g/mol. The highest BCUT2D eigenvalue weighted by atomic mass is 35.5. The number of nitrogens with one attached hydrogen (secondary N) is 3. The molecular formula is C25H35ClFN5O2. The fraction of sp³-hybridized carbons (Fsp3) is 0.600. The number of anilines is 2. The molecule has 3 heterocycles. The molecule has 2 aromatic heterocycles. The maximum Gasteiger partial charge on any atom is 0.149 e. The first-order valence-electron chi connectivity index (χ1n) is 12.2. The molecule has 1 aliphatic heterocycles. The summed E-state index contributed by atoms with van der Waals surface area (Å²) in [6.07, 6.45) is 9.29. The van der Waals surface area contributed by atoms with Gasteiger partial charge in [0.15, 0.2) is 0 Å². The van der Waals surface area contributed by atoms with Crippen molar-refractivity contribution in [2.24, 2.45) is 5.92 Å². The Bertz CT molecular complexity index is 920. The Morgan fingerprint density at radius 3 is 2.56 bits per heavy atom. The first kappa shape index (κ1) is 25.1. The molecular weight excluding hydrogens is 457 g/mol. The van der Waals surface area contributed by atoms with Crippen LogP contribution in [-0.2, 0) is 9.47 Å². The Balaban J connectivity index is 1.39. The van der Waals surface area contributed by atoms with Gasteiger partial charge in [0, 0.05) is 56.6 Å². The number of hydrogen-bond donors (Lipinski definition) is 3. The molecule has 0 atom stereocenters. The van der Waals surface area contributed by atoms with Gasteiger partial charge in [-0.3, -0.25) is 0 Å². The molecule has 0 aromatic carbocycles. The van der Waals surface area contributed by atoms with Crippen LogP contribution < -0.4 is 16.0 Å². The molecule has 2 aromatic rings. The molecule has 0 bridgehead atoms. The average Bonchev–Trinajstić information content (AvgIpc) is 2.87.